The smallest absolute Gasteiger partial charge is 0.246 e. The fraction of sp³-hybridized carbons (Fsp3) is 0.375. The first-order chi connectivity index (χ1) is 11.8. The van der Waals surface area contributed by atoms with E-state index in [1.54, 1.807) is 63.2 Å². The number of nitrogens with zero attached hydrogens (tertiary/aromatic N) is 2. The van der Waals surface area contributed by atoms with Crippen LogP contribution in [0.1, 0.15) is 24.1 Å². The fourth-order valence-corrected chi connectivity index (χ4v) is 3.06. The number of hydrogen-bond acceptors (Lipinski definition) is 5. The zero-order valence-electron chi connectivity index (χ0n) is 14.7. The number of rotatable bonds is 7. The third-order valence-corrected chi connectivity index (χ3v) is 5.04. The molecule has 8 nitrogen and oxygen atoms in total. The number of likely N-dealkylation sites (N-methyl/N-ethyl adjacent to an activating group) is 1. The standard InChI is InChI=1S/C16H23N5O3S/c1-5-25(23,24)20-14-7-6-13(8-11(14)2)19-16(22)15(17-3)12-9-18-21(4)10-12/h6-10,15,17,20H,5H2,1-4H3,(H,19,22). The number of amides is 1. The van der Waals surface area contributed by atoms with Crippen LogP contribution >= 0.6 is 0 Å². The lowest BCUT2D eigenvalue weighted by molar-refractivity contribution is -0.118. The number of aromatic nitrogens is 2. The van der Waals surface area contributed by atoms with E-state index in [1.165, 1.54) is 0 Å². The molecule has 0 radical (unpaired) electrons. The number of nitrogens with one attached hydrogen (secondary N) is 3. The largest absolute Gasteiger partial charge is 0.324 e. The molecule has 1 atom stereocenters. The van der Waals surface area contributed by atoms with Gasteiger partial charge in [-0.3, -0.25) is 14.2 Å². The highest BCUT2D eigenvalue weighted by Crippen LogP contribution is 2.22. The molecule has 0 saturated carbocycles. The van der Waals surface area contributed by atoms with Crippen molar-refractivity contribution in [1.29, 1.82) is 0 Å². The summed E-state index contributed by atoms with van der Waals surface area (Å²) in [6.07, 6.45) is 3.41. The quantitative estimate of drug-likeness (QED) is 0.688. The summed E-state index contributed by atoms with van der Waals surface area (Å²) < 4.78 is 27.5. The normalized spacial score (nSPS) is 12.6. The SMILES string of the molecule is CCS(=O)(=O)Nc1ccc(NC(=O)C(NC)c2cnn(C)c2)cc1C. The van der Waals surface area contributed by atoms with Gasteiger partial charge < -0.3 is 10.6 Å². The van der Waals surface area contributed by atoms with Gasteiger partial charge in [0.05, 0.1) is 17.6 Å². The van der Waals surface area contributed by atoms with Crippen LogP contribution in [0.25, 0.3) is 0 Å². The molecule has 136 valence electrons. The van der Waals surface area contributed by atoms with Gasteiger partial charge in [-0.05, 0) is 44.7 Å². The molecule has 0 aliphatic rings. The van der Waals surface area contributed by atoms with E-state index in [-0.39, 0.29) is 11.7 Å². The maximum atomic E-state index is 12.5. The molecule has 1 heterocycles. The van der Waals surface area contributed by atoms with Gasteiger partial charge >= 0.3 is 0 Å². The van der Waals surface area contributed by atoms with E-state index in [9.17, 15) is 13.2 Å². The Morgan fingerprint density at radius 2 is 2.08 bits per heavy atom. The second-order valence-electron chi connectivity index (χ2n) is 5.69. The molecule has 0 fully saturated rings. The third kappa shape index (κ3) is 4.80. The number of aryl methyl sites for hydroxylation is 2. The van der Waals surface area contributed by atoms with Gasteiger partial charge in [0.1, 0.15) is 6.04 Å². The van der Waals surface area contributed by atoms with Crippen molar-refractivity contribution in [2.45, 2.75) is 19.9 Å². The Bertz CT molecular complexity index is 860. The summed E-state index contributed by atoms with van der Waals surface area (Å²) in [4.78, 5) is 12.5. The molecule has 0 aliphatic carbocycles. The number of carbonyl (C=O) groups is 1. The van der Waals surface area contributed by atoms with E-state index in [0.717, 1.165) is 11.1 Å². The van der Waals surface area contributed by atoms with Gasteiger partial charge in [0.2, 0.25) is 15.9 Å². The van der Waals surface area contributed by atoms with E-state index < -0.39 is 16.1 Å². The maximum Gasteiger partial charge on any atom is 0.246 e. The molecule has 3 N–H and O–H groups in total. The predicted molar refractivity (Wildman–Crippen MR) is 97.9 cm³/mol. The van der Waals surface area contributed by atoms with Crippen molar-refractivity contribution in [2.75, 3.05) is 22.8 Å². The van der Waals surface area contributed by atoms with Gasteiger partial charge in [-0.2, -0.15) is 5.10 Å². The minimum absolute atomic E-state index is 0.000111. The number of carbonyl (C=O) groups excluding carboxylic acids is 1. The summed E-state index contributed by atoms with van der Waals surface area (Å²) in [6.45, 7) is 3.35. The summed E-state index contributed by atoms with van der Waals surface area (Å²) in [7, 11) is 0.146. The number of hydrogen-bond donors (Lipinski definition) is 3. The second-order valence-corrected chi connectivity index (χ2v) is 7.70. The Hall–Kier alpha value is -2.39. The van der Waals surface area contributed by atoms with Gasteiger partial charge in [-0.25, -0.2) is 8.42 Å². The predicted octanol–water partition coefficient (Wildman–Crippen LogP) is 1.39. The lowest BCUT2D eigenvalue weighted by atomic mass is 10.1. The Labute approximate surface area is 147 Å². The first kappa shape index (κ1) is 18.9. The van der Waals surface area contributed by atoms with E-state index in [2.05, 4.69) is 20.5 Å². The lowest BCUT2D eigenvalue weighted by Crippen LogP contribution is -2.30. The van der Waals surface area contributed by atoms with Crippen LogP contribution in [0.2, 0.25) is 0 Å². The molecule has 0 saturated heterocycles. The van der Waals surface area contributed by atoms with Crippen LogP contribution in [0.15, 0.2) is 30.6 Å². The van der Waals surface area contributed by atoms with E-state index >= 15 is 0 Å². The minimum atomic E-state index is -3.34. The molecule has 1 amide bonds. The van der Waals surface area contributed by atoms with E-state index in [1.807, 2.05) is 0 Å². The van der Waals surface area contributed by atoms with Crippen LogP contribution in [0.5, 0.6) is 0 Å². The zero-order chi connectivity index (χ0) is 18.6. The molecule has 2 rings (SSSR count). The minimum Gasteiger partial charge on any atom is -0.324 e. The monoisotopic (exact) mass is 365 g/mol. The Balaban J connectivity index is 2.14. The lowest BCUT2D eigenvalue weighted by Gasteiger charge is -2.16. The molecule has 25 heavy (non-hydrogen) atoms. The molecule has 1 aromatic heterocycles. The van der Waals surface area contributed by atoms with Gasteiger partial charge in [0.15, 0.2) is 0 Å². The third-order valence-electron chi connectivity index (χ3n) is 3.75. The second kappa shape index (κ2) is 7.66. The van der Waals surface area contributed by atoms with Crippen molar-refractivity contribution < 1.29 is 13.2 Å². The van der Waals surface area contributed by atoms with Crippen molar-refractivity contribution in [3.05, 3.63) is 41.7 Å². The molecule has 0 bridgehead atoms. The number of benzene rings is 1. The summed E-state index contributed by atoms with van der Waals surface area (Å²) in [5, 5.41) is 9.86. The van der Waals surface area contributed by atoms with Crippen LogP contribution in [-0.4, -0.2) is 36.9 Å². The highest BCUT2D eigenvalue weighted by atomic mass is 32.2. The first-order valence-electron chi connectivity index (χ1n) is 7.83. The molecule has 0 aliphatic heterocycles. The Morgan fingerprint density at radius 1 is 1.36 bits per heavy atom. The highest BCUT2D eigenvalue weighted by Gasteiger charge is 2.20. The van der Waals surface area contributed by atoms with Crippen LogP contribution < -0.4 is 15.4 Å². The van der Waals surface area contributed by atoms with Gasteiger partial charge in [-0.1, -0.05) is 0 Å². The van der Waals surface area contributed by atoms with E-state index in [4.69, 9.17) is 0 Å². The van der Waals surface area contributed by atoms with Gasteiger partial charge in [0, 0.05) is 24.5 Å². The van der Waals surface area contributed by atoms with Gasteiger partial charge in [0.25, 0.3) is 0 Å². The Morgan fingerprint density at radius 3 is 2.60 bits per heavy atom. The van der Waals surface area contributed by atoms with Crippen molar-refractivity contribution in [3.8, 4) is 0 Å². The molecular formula is C16H23N5O3S. The molecule has 0 spiro atoms. The summed E-state index contributed by atoms with van der Waals surface area (Å²) in [5.74, 6) is -0.225. The van der Waals surface area contributed by atoms with Gasteiger partial charge in [-0.15, -0.1) is 0 Å². The summed E-state index contributed by atoms with van der Waals surface area (Å²) in [6, 6.07) is 4.49. The molecule has 2 aromatic rings. The van der Waals surface area contributed by atoms with Crippen molar-refractivity contribution >= 4 is 27.3 Å². The van der Waals surface area contributed by atoms with Crippen molar-refractivity contribution in [2.24, 2.45) is 7.05 Å². The summed E-state index contributed by atoms with van der Waals surface area (Å²) in [5.41, 5.74) is 2.56. The number of anilines is 2. The fourth-order valence-electron chi connectivity index (χ4n) is 2.35. The van der Waals surface area contributed by atoms with E-state index in [0.29, 0.717) is 11.4 Å². The average molecular weight is 365 g/mol. The van der Waals surface area contributed by atoms with Crippen LogP contribution in [0.4, 0.5) is 11.4 Å². The maximum absolute atomic E-state index is 12.5. The zero-order valence-corrected chi connectivity index (χ0v) is 15.5. The molecular weight excluding hydrogens is 342 g/mol. The molecule has 1 aromatic carbocycles. The molecule has 9 heteroatoms. The number of sulfonamides is 1. The highest BCUT2D eigenvalue weighted by molar-refractivity contribution is 7.92. The van der Waals surface area contributed by atoms with Crippen molar-refractivity contribution in [1.82, 2.24) is 15.1 Å². The van der Waals surface area contributed by atoms with Crippen LogP contribution in [-0.2, 0) is 21.9 Å². The van der Waals surface area contributed by atoms with Crippen molar-refractivity contribution in [3.63, 3.8) is 0 Å². The van der Waals surface area contributed by atoms with Crippen LogP contribution in [0, 0.1) is 6.92 Å². The topological polar surface area (TPSA) is 105 Å². The first-order valence-corrected chi connectivity index (χ1v) is 9.48. The average Bonchev–Trinajstić information content (AvgIpc) is 2.97. The van der Waals surface area contributed by atoms with Crippen LogP contribution in [0.3, 0.4) is 0 Å². The Kier molecular flexibility index (Phi) is 5.81. The molecule has 1 unspecified atom stereocenters. The summed E-state index contributed by atoms with van der Waals surface area (Å²) >= 11 is 0.